The van der Waals surface area contributed by atoms with Crippen molar-refractivity contribution in [3.05, 3.63) is 58.0 Å². The molecule has 1 heterocycles. The second kappa shape index (κ2) is 7.21. The van der Waals surface area contributed by atoms with E-state index >= 15 is 0 Å². The molecule has 2 N–H and O–H groups in total. The van der Waals surface area contributed by atoms with Crippen LogP contribution in [-0.2, 0) is 11.3 Å². The van der Waals surface area contributed by atoms with Gasteiger partial charge in [0.2, 0.25) is 0 Å². The van der Waals surface area contributed by atoms with Gasteiger partial charge in [-0.3, -0.25) is 4.79 Å². The highest BCUT2D eigenvalue weighted by Gasteiger charge is 2.14. The van der Waals surface area contributed by atoms with Gasteiger partial charge in [-0.25, -0.2) is 4.98 Å². The number of thiazole rings is 1. The summed E-state index contributed by atoms with van der Waals surface area (Å²) in [7, 11) is 2.01. The second-order valence-electron chi connectivity index (χ2n) is 5.41. The first-order valence-electron chi connectivity index (χ1n) is 7.32. The number of carbonyl (C=O) groups is 1. The summed E-state index contributed by atoms with van der Waals surface area (Å²) in [6.45, 7) is 1.14. The Bertz CT molecular complexity index is 800. The summed E-state index contributed by atoms with van der Waals surface area (Å²) < 4.78 is 2.07. The smallest absolute Gasteiger partial charge is 0.279 e. The van der Waals surface area contributed by atoms with Crippen LogP contribution in [0.3, 0.4) is 0 Å². The first-order chi connectivity index (χ1) is 11.1. The molecule has 4 nitrogen and oxygen atoms in total. The third-order valence-electron chi connectivity index (χ3n) is 3.40. The van der Waals surface area contributed by atoms with Crippen LogP contribution in [0.4, 0.5) is 5.69 Å². The normalized spacial score (nSPS) is 12.3. The Morgan fingerprint density at radius 2 is 1.96 bits per heavy atom. The van der Waals surface area contributed by atoms with Crippen molar-refractivity contribution in [3.63, 3.8) is 0 Å². The SMILES string of the molecule is C[NH+](CC(=O)Nc1ccccc1Br)Cc1nc2ccccc2s1. The molecule has 3 rings (SSSR count). The Balaban J connectivity index is 1.59. The van der Waals surface area contributed by atoms with Gasteiger partial charge < -0.3 is 10.2 Å². The number of carbonyl (C=O) groups excluding carboxylic acids is 1. The summed E-state index contributed by atoms with van der Waals surface area (Å²) in [5.74, 6) is -0.00416. The maximum atomic E-state index is 12.2. The summed E-state index contributed by atoms with van der Waals surface area (Å²) in [6.07, 6.45) is 0. The first-order valence-corrected chi connectivity index (χ1v) is 8.93. The fourth-order valence-electron chi connectivity index (χ4n) is 2.35. The van der Waals surface area contributed by atoms with E-state index in [4.69, 9.17) is 0 Å². The molecule has 0 saturated heterocycles. The second-order valence-corrected chi connectivity index (χ2v) is 7.38. The van der Waals surface area contributed by atoms with Gasteiger partial charge in [-0.05, 0) is 40.2 Å². The van der Waals surface area contributed by atoms with Crippen LogP contribution in [0.1, 0.15) is 5.01 Å². The van der Waals surface area contributed by atoms with E-state index in [9.17, 15) is 4.79 Å². The fraction of sp³-hybridized carbons (Fsp3) is 0.176. The molecule has 0 aliphatic heterocycles. The number of fused-ring (bicyclic) bond motifs is 1. The molecule has 0 radical (unpaired) electrons. The highest BCUT2D eigenvalue weighted by Crippen LogP contribution is 2.21. The quantitative estimate of drug-likeness (QED) is 0.703. The van der Waals surface area contributed by atoms with Gasteiger partial charge >= 0.3 is 0 Å². The molecule has 23 heavy (non-hydrogen) atoms. The van der Waals surface area contributed by atoms with Crippen LogP contribution in [0.25, 0.3) is 10.2 Å². The van der Waals surface area contributed by atoms with Gasteiger partial charge in [-0.15, -0.1) is 11.3 Å². The molecule has 0 aliphatic rings. The summed E-state index contributed by atoms with van der Waals surface area (Å²) in [5, 5.41) is 3.98. The van der Waals surface area contributed by atoms with E-state index in [1.807, 2.05) is 49.5 Å². The minimum absolute atomic E-state index is 0.00416. The van der Waals surface area contributed by atoms with E-state index in [-0.39, 0.29) is 5.91 Å². The molecule has 0 saturated carbocycles. The molecule has 1 aromatic heterocycles. The zero-order chi connectivity index (χ0) is 16.2. The number of benzene rings is 2. The van der Waals surface area contributed by atoms with Crippen molar-refractivity contribution in [2.24, 2.45) is 0 Å². The molecule has 118 valence electrons. The van der Waals surface area contributed by atoms with Gasteiger partial charge in [-0.1, -0.05) is 24.3 Å². The van der Waals surface area contributed by atoms with Gasteiger partial charge in [-0.2, -0.15) is 0 Å². The number of rotatable bonds is 5. The molecule has 0 spiro atoms. The highest BCUT2D eigenvalue weighted by atomic mass is 79.9. The molecular weight excluding hydrogens is 374 g/mol. The average Bonchev–Trinajstić information content (AvgIpc) is 2.91. The third-order valence-corrected chi connectivity index (χ3v) is 5.13. The largest absolute Gasteiger partial charge is 0.324 e. The van der Waals surface area contributed by atoms with E-state index in [0.717, 1.165) is 32.1 Å². The molecule has 6 heteroatoms. The zero-order valence-electron chi connectivity index (χ0n) is 12.7. The maximum absolute atomic E-state index is 12.2. The van der Waals surface area contributed by atoms with Crippen LogP contribution in [0.15, 0.2) is 53.0 Å². The van der Waals surface area contributed by atoms with Crippen LogP contribution in [0.2, 0.25) is 0 Å². The van der Waals surface area contributed by atoms with Crippen LogP contribution in [0, 0.1) is 0 Å². The van der Waals surface area contributed by atoms with Crippen LogP contribution >= 0.6 is 27.3 Å². The number of aromatic nitrogens is 1. The predicted molar refractivity (Wildman–Crippen MR) is 97.8 cm³/mol. The van der Waals surface area contributed by atoms with Crippen LogP contribution < -0.4 is 10.2 Å². The first kappa shape index (κ1) is 16.1. The summed E-state index contributed by atoms with van der Waals surface area (Å²) in [6, 6.07) is 15.7. The zero-order valence-corrected chi connectivity index (χ0v) is 15.1. The van der Waals surface area contributed by atoms with Gasteiger partial charge in [0, 0.05) is 4.47 Å². The number of hydrogen-bond acceptors (Lipinski definition) is 3. The van der Waals surface area contributed by atoms with Crippen molar-refractivity contribution < 1.29 is 9.69 Å². The Labute approximate surface area is 147 Å². The highest BCUT2D eigenvalue weighted by molar-refractivity contribution is 9.10. The molecule has 0 fully saturated rings. The average molecular weight is 391 g/mol. The van der Waals surface area contributed by atoms with E-state index < -0.39 is 0 Å². The molecule has 1 atom stereocenters. The number of anilines is 1. The number of amides is 1. The number of likely N-dealkylation sites (N-methyl/N-ethyl adjacent to an activating group) is 1. The fourth-order valence-corrected chi connectivity index (χ4v) is 3.81. The minimum atomic E-state index is -0.00416. The Hall–Kier alpha value is -1.76. The van der Waals surface area contributed by atoms with Crippen molar-refractivity contribution >= 4 is 49.1 Å². The standard InChI is InChI=1S/C17H16BrN3OS/c1-21(10-16(22)19-13-7-3-2-6-12(13)18)11-17-20-14-8-4-5-9-15(14)23-17/h2-9H,10-11H2,1H3,(H,19,22)/p+1. The van der Waals surface area contributed by atoms with Crippen molar-refractivity contribution in [2.75, 3.05) is 18.9 Å². The Morgan fingerprint density at radius 1 is 1.22 bits per heavy atom. The van der Waals surface area contributed by atoms with E-state index in [0.29, 0.717) is 6.54 Å². The molecule has 0 aliphatic carbocycles. The lowest BCUT2D eigenvalue weighted by atomic mass is 10.3. The van der Waals surface area contributed by atoms with Gasteiger partial charge in [0.05, 0.1) is 23.0 Å². The summed E-state index contributed by atoms with van der Waals surface area (Å²) in [5.41, 5.74) is 1.82. The van der Waals surface area contributed by atoms with Gasteiger partial charge in [0.25, 0.3) is 5.91 Å². The lowest BCUT2D eigenvalue weighted by Crippen LogP contribution is -3.08. The molecule has 1 amide bonds. The monoisotopic (exact) mass is 390 g/mol. The molecule has 3 aromatic rings. The minimum Gasteiger partial charge on any atom is -0.324 e. The summed E-state index contributed by atoms with van der Waals surface area (Å²) in [4.78, 5) is 17.9. The predicted octanol–water partition coefficient (Wildman–Crippen LogP) is 2.71. The third kappa shape index (κ3) is 4.16. The van der Waals surface area contributed by atoms with E-state index in [1.54, 1.807) is 11.3 Å². The maximum Gasteiger partial charge on any atom is 0.279 e. The van der Waals surface area contributed by atoms with Gasteiger partial charge in [0.1, 0.15) is 11.6 Å². The molecular formula is C17H17BrN3OS+. The number of quaternary nitrogens is 1. The van der Waals surface area contributed by atoms with E-state index in [2.05, 4.69) is 32.3 Å². The molecule has 2 aromatic carbocycles. The van der Waals surface area contributed by atoms with Crippen molar-refractivity contribution in [3.8, 4) is 0 Å². The number of nitrogens with zero attached hydrogens (tertiary/aromatic N) is 1. The number of nitrogens with one attached hydrogen (secondary N) is 2. The van der Waals surface area contributed by atoms with Crippen molar-refractivity contribution in [2.45, 2.75) is 6.54 Å². The van der Waals surface area contributed by atoms with Crippen molar-refractivity contribution in [1.29, 1.82) is 0 Å². The van der Waals surface area contributed by atoms with Gasteiger partial charge in [0.15, 0.2) is 6.54 Å². The lowest BCUT2D eigenvalue weighted by molar-refractivity contribution is -0.885. The number of para-hydroxylation sites is 2. The summed E-state index contributed by atoms with van der Waals surface area (Å²) >= 11 is 5.12. The number of hydrogen-bond donors (Lipinski definition) is 2. The molecule has 1 unspecified atom stereocenters. The Morgan fingerprint density at radius 3 is 2.74 bits per heavy atom. The lowest BCUT2D eigenvalue weighted by Gasteiger charge is -2.13. The number of halogens is 1. The van der Waals surface area contributed by atoms with Crippen molar-refractivity contribution in [1.82, 2.24) is 4.98 Å². The van der Waals surface area contributed by atoms with E-state index in [1.165, 1.54) is 4.70 Å². The Kier molecular flexibility index (Phi) is 5.05. The van der Waals surface area contributed by atoms with Crippen LogP contribution in [0.5, 0.6) is 0 Å². The topological polar surface area (TPSA) is 46.4 Å². The molecule has 0 bridgehead atoms. The van der Waals surface area contributed by atoms with Crippen LogP contribution in [-0.4, -0.2) is 24.5 Å².